The molecule has 18 heavy (non-hydrogen) atoms. The third-order valence-corrected chi connectivity index (χ3v) is 3.53. The summed E-state index contributed by atoms with van der Waals surface area (Å²) in [7, 11) is 0. The summed E-state index contributed by atoms with van der Waals surface area (Å²) in [5, 5.41) is 0. The summed E-state index contributed by atoms with van der Waals surface area (Å²) < 4.78 is 0. The Hall–Kier alpha value is -1.56. The highest BCUT2D eigenvalue weighted by Gasteiger charge is 2.23. The quantitative estimate of drug-likeness (QED) is 0.545. The van der Waals surface area contributed by atoms with Gasteiger partial charge >= 0.3 is 0 Å². The van der Waals surface area contributed by atoms with Gasteiger partial charge in [-0.1, -0.05) is 81.5 Å². The van der Waals surface area contributed by atoms with Gasteiger partial charge < -0.3 is 0 Å². The largest absolute Gasteiger partial charge is 0.0813 e. The zero-order valence-electron chi connectivity index (χ0n) is 11.5. The van der Waals surface area contributed by atoms with Crippen LogP contribution in [0, 0.1) is 11.8 Å². The van der Waals surface area contributed by atoms with E-state index in [0.717, 1.165) is 0 Å². The maximum atomic E-state index is 2.37. The van der Waals surface area contributed by atoms with E-state index in [2.05, 4.69) is 67.6 Å². The zero-order valence-corrected chi connectivity index (χ0v) is 11.5. The van der Waals surface area contributed by atoms with Crippen molar-refractivity contribution in [1.82, 2.24) is 0 Å². The fraction of sp³-hybridized carbons (Fsp3) is 0.333. The molecule has 0 spiro atoms. The molecular formula is C18H22. The summed E-state index contributed by atoms with van der Waals surface area (Å²) in [6.07, 6.45) is 13.9. The Kier molecular flexibility index (Phi) is 4.19. The monoisotopic (exact) mass is 238 g/mol. The van der Waals surface area contributed by atoms with Crippen molar-refractivity contribution in [3.63, 3.8) is 0 Å². The molecule has 0 radical (unpaired) electrons. The normalized spacial score (nSPS) is 27.6. The molecule has 3 unspecified atom stereocenters. The first kappa shape index (κ1) is 12.9. The fourth-order valence-electron chi connectivity index (χ4n) is 2.59. The van der Waals surface area contributed by atoms with Gasteiger partial charge in [-0.3, -0.25) is 0 Å². The van der Waals surface area contributed by atoms with E-state index in [1.54, 1.807) is 0 Å². The third-order valence-electron chi connectivity index (χ3n) is 3.53. The fourth-order valence-corrected chi connectivity index (χ4v) is 2.59. The number of allylic oxidation sites excluding steroid dienone is 5. The Labute approximate surface area is 111 Å². The molecule has 0 amide bonds. The Balaban J connectivity index is 0.000000574. The average molecular weight is 238 g/mol. The third kappa shape index (κ3) is 2.48. The van der Waals surface area contributed by atoms with Crippen LogP contribution in [-0.4, -0.2) is 0 Å². The van der Waals surface area contributed by atoms with Crippen LogP contribution in [0.25, 0.3) is 6.08 Å². The SMILES string of the molecule is CC.CC1C=CC2C=Cc3ccccc3C2C=C1. The predicted octanol–water partition coefficient (Wildman–Crippen LogP) is 5.20. The molecular weight excluding hydrogens is 216 g/mol. The smallest absolute Gasteiger partial charge is 0.0122 e. The number of hydrogen-bond donors (Lipinski definition) is 0. The van der Waals surface area contributed by atoms with Crippen LogP contribution in [0.15, 0.2) is 54.6 Å². The molecule has 2 aliphatic rings. The molecule has 0 N–H and O–H groups in total. The molecule has 0 saturated carbocycles. The van der Waals surface area contributed by atoms with E-state index < -0.39 is 0 Å². The molecule has 0 heteroatoms. The van der Waals surface area contributed by atoms with Crippen LogP contribution in [0.5, 0.6) is 0 Å². The highest BCUT2D eigenvalue weighted by molar-refractivity contribution is 5.60. The first-order chi connectivity index (χ1) is 8.84. The highest BCUT2D eigenvalue weighted by atomic mass is 14.3. The molecule has 1 aromatic carbocycles. The number of fused-ring (bicyclic) bond motifs is 3. The summed E-state index contributed by atoms with van der Waals surface area (Å²) in [5.41, 5.74) is 2.83. The Morgan fingerprint density at radius 2 is 1.56 bits per heavy atom. The van der Waals surface area contributed by atoms with Gasteiger partial charge in [-0.25, -0.2) is 0 Å². The van der Waals surface area contributed by atoms with Crippen molar-refractivity contribution < 1.29 is 0 Å². The minimum Gasteiger partial charge on any atom is -0.0813 e. The van der Waals surface area contributed by atoms with E-state index in [0.29, 0.717) is 17.8 Å². The lowest BCUT2D eigenvalue weighted by Gasteiger charge is -2.24. The summed E-state index contributed by atoms with van der Waals surface area (Å²) >= 11 is 0. The maximum absolute atomic E-state index is 2.37. The molecule has 0 saturated heterocycles. The summed E-state index contributed by atoms with van der Waals surface area (Å²) in [6, 6.07) is 8.71. The van der Waals surface area contributed by atoms with Gasteiger partial charge in [-0.15, -0.1) is 0 Å². The van der Waals surface area contributed by atoms with E-state index in [1.165, 1.54) is 11.1 Å². The molecule has 3 atom stereocenters. The molecule has 0 aromatic heterocycles. The molecule has 0 nitrogen and oxygen atoms in total. The molecule has 94 valence electrons. The van der Waals surface area contributed by atoms with Gasteiger partial charge in [-0.05, 0) is 17.0 Å². The topological polar surface area (TPSA) is 0 Å². The first-order valence-corrected chi connectivity index (χ1v) is 6.98. The van der Waals surface area contributed by atoms with Crippen LogP contribution >= 0.6 is 0 Å². The molecule has 0 heterocycles. The highest BCUT2D eigenvalue weighted by Crippen LogP contribution is 2.37. The van der Waals surface area contributed by atoms with Gasteiger partial charge in [0.1, 0.15) is 0 Å². The molecule has 3 rings (SSSR count). The van der Waals surface area contributed by atoms with Crippen molar-refractivity contribution in [2.45, 2.75) is 26.7 Å². The van der Waals surface area contributed by atoms with Gasteiger partial charge in [0.15, 0.2) is 0 Å². The first-order valence-electron chi connectivity index (χ1n) is 6.98. The Morgan fingerprint density at radius 3 is 2.39 bits per heavy atom. The van der Waals surface area contributed by atoms with Gasteiger partial charge in [0.05, 0.1) is 0 Å². The van der Waals surface area contributed by atoms with Gasteiger partial charge in [0, 0.05) is 11.8 Å². The van der Waals surface area contributed by atoms with E-state index in [9.17, 15) is 0 Å². The lowest BCUT2D eigenvalue weighted by Crippen LogP contribution is -2.10. The zero-order chi connectivity index (χ0) is 13.0. The van der Waals surface area contributed by atoms with Crippen LogP contribution < -0.4 is 0 Å². The van der Waals surface area contributed by atoms with Gasteiger partial charge in [-0.2, -0.15) is 0 Å². The van der Waals surface area contributed by atoms with Gasteiger partial charge in [0.25, 0.3) is 0 Å². The lowest BCUT2D eigenvalue weighted by molar-refractivity contribution is 0.702. The lowest BCUT2D eigenvalue weighted by atomic mass is 9.79. The van der Waals surface area contributed by atoms with E-state index in [4.69, 9.17) is 0 Å². The summed E-state index contributed by atoms with van der Waals surface area (Å²) in [6.45, 7) is 6.24. The second-order valence-electron chi connectivity index (χ2n) is 4.72. The van der Waals surface area contributed by atoms with Crippen molar-refractivity contribution in [1.29, 1.82) is 0 Å². The van der Waals surface area contributed by atoms with Crippen molar-refractivity contribution >= 4 is 6.08 Å². The van der Waals surface area contributed by atoms with Crippen molar-refractivity contribution in [2.75, 3.05) is 0 Å². The van der Waals surface area contributed by atoms with Crippen LogP contribution in [0.2, 0.25) is 0 Å². The maximum Gasteiger partial charge on any atom is 0.0122 e. The molecule has 0 bridgehead atoms. The Morgan fingerprint density at radius 1 is 0.833 bits per heavy atom. The summed E-state index contributed by atoms with van der Waals surface area (Å²) in [4.78, 5) is 0. The minimum atomic E-state index is 0.530. The van der Waals surface area contributed by atoms with E-state index in [1.807, 2.05) is 13.8 Å². The van der Waals surface area contributed by atoms with Crippen LogP contribution in [0.1, 0.15) is 37.8 Å². The van der Waals surface area contributed by atoms with E-state index in [-0.39, 0.29) is 0 Å². The molecule has 1 aromatic rings. The van der Waals surface area contributed by atoms with Crippen molar-refractivity contribution in [3.05, 3.63) is 65.8 Å². The molecule has 0 aliphatic heterocycles. The molecule has 0 fully saturated rings. The summed E-state index contributed by atoms with van der Waals surface area (Å²) in [5.74, 6) is 1.63. The second kappa shape index (κ2) is 5.86. The number of rotatable bonds is 0. The standard InChI is InChI=1S/C16H16.C2H6/c1-12-6-8-14-10-9-13-4-2-3-5-15(13)16(14)11-7-12;1-2/h2-12,14,16H,1H3;1-2H3. The van der Waals surface area contributed by atoms with Crippen molar-refractivity contribution in [2.24, 2.45) is 11.8 Å². The van der Waals surface area contributed by atoms with E-state index >= 15 is 0 Å². The van der Waals surface area contributed by atoms with Crippen LogP contribution in [0.4, 0.5) is 0 Å². The number of hydrogen-bond acceptors (Lipinski definition) is 0. The molecule has 2 aliphatic carbocycles. The van der Waals surface area contributed by atoms with Crippen LogP contribution in [-0.2, 0) is 0 Å². The van der Waals surface area contributed by atoms with Gasteiger partial charge in [0.2, 0.25) is 0 Å². The second-order valence-corrected chi connectivity index (χ2v) is 4.72. The average Bonchev–Trinajstić information content (AvgIpc) is 2.63. The predicted molar refractivity (Wildman–Crippen MR) is 80.5 cm³/mol. The Bertz CT molecular complexity index is 477. The number of benzene rings is 1. The van der Waals surface area contributed by atoms with Crippen molar-refractivity contribution in [3.8, 4) is 0 Å². The van der Waals surface area contributed by atoms with Crippen LogP contribution in [0.3, 0.4) is 0 Å². The minimum absolute atomic E-state index is 0.530.